The number of amides is 1. The van der Waals surface area contributed by atoms with E-state index in [-0.39, 0.29) is 35.3 Å². The lowest BCUT2D eigenvalue weighted by Gasteiger charge is -2.12. The summed E-state index contributed by atoms with van der Waals surface area (Å²) in [5, 5.41) is 3.63. The molecular formula is C22H25ClN2O4S. The molecule has 1 aliphatic heterocycles. The van der Waals surface area contributed by atoms with Gasteiger partial charge in [0.1, 0.15) is 0 Å². The molecular weight excluding hydrogens is 424 g/mol. The quantitative estimate of drug-likeness (QED) is 0.649. The Bertz CT molecular complexity index is 1000. The number of benzene rings is 2. The minimum atomic E-state index is -3.57. The Hall–Kier alpha value is -1.93. The number of rotatable bonds is 8. The third-order valence-electron chi connectivity index (χ3n) is 5.66. The van der Waals surface area contributed by atoms with Crippen molar-refractivity contribution >= 4 is 27.5 Å². The smallest absolute Gasteiger partial charge is 0.240 e. The molecule has 2 fully saturated rings. The van der Waals surface area contributed by atoms with Crippen LogP contribution in [0.2, 0.25) is 5.02 Å². The first-order chi connectivity index (χ1) is 14.4. The van der Waals surface area contributed by atoms with Crippen molar-refractivity contribution in [3.63, 3.8) is 0 Å². The highest BCUT2D eigenvalue weighted by atomic mass is 35.5. The van der Waals surface area contributed by atoms with E-state index in [0.717, 1.165) is 30.4 Å². The van der Waals surface area contributed by atoms with Gasteiger partial charge in [-0.2, -0.15) is 0 Å². The van der Waals surface area contributed by atoms with Crippen LogP contribution in [0.5, 0.6) is 0 Å². The van der Waals surface area contributed by atoms with Crippen molar-refractivity contribution in [2.24, 2.45) is 5.92 Å². The number of hydrogen-bond donors (Lipinski definition) is 2. The summed E-state index contributed by atoms with van der Waals surface area (Å²) < 4.78 is 32.9. The fraction of sp³-hybridized carbons (Fsp3) is 0.409. The number of carbonyl (C=O) groups is 1. The Balaban J connectivity index is 1.27. The lowest BCUT2D eigenvalue weighted by molar-refractivity contribution is -0.122. The van der Waals surface area contributed by atoms with E-state index in [2.05, 4.69) is 10.0 Å². The van der Waals surface area contributed by atoms with Gasteiger partial charge in [0, 0.05) is 30.6 Å². The first kappa shape index (κ1) is 21.3. The Morgan fingerprint density at radius 3 is 2.60 bits per heavy atom. The van der Waals surface area contributed by atoms with Crippen LogP contribution in [-0.2, 0) is 26.1 Å². The van der Waals surface area contributed by atoms with Gasteiger partial charge in [0.15, 0.2) is 0 Å². The van der Waals surface area contributed by atoms with Crippen molar-refractivity contribution in [3.8, 4) is 0 Å². The zero-order valence-corrected chi connectivity index (χ0v) is 18.1. The maximum Gasteiger partial charge on any atom is 0.240 e. The number of hydrogen-bond acceptors (Lipinski definition) is 4. The minimum absolute atomic E-state index is 0.00477. The highest BCUT2D eigenvalue weighted by molar-refractivity contribution is 7.89. The van der Waals surface area contributed by atoms with Gasteiger partial charge in [0.25, 0.3) is 0 Å². The number of carbonyl (C=O) groups excluding carboxylic acids is 1. The van der Waals surface area contributed by atoms with E-state index in [9.17, 15) is 13.2 Å². The molecule has 3 atom stereocenters. The molecule has 6 nitrogen and oxygen atoms in total. The molecule has 2 aromatic carbocycles. The van der Waals surface area contributed by atoms with Crippen LogP contribution < -0.4 is 10.0 Å². The highest BCUT2D eigenvalue weighted by Crippen LogP contribution is 2.49. The summed E-state index contributed by atoms with van der Waals surface area (Å²) >= 11 is 6.22. The Morgan fingerprint density at radius 2 is 1.90 bits per heavy atom. The van der Waals surface area contributed by atoms with Gasteiger partial charge in [0.05, 0.1) is 11.0 Å². The van der Waals surface area contributed by atoms with Crippen molar-refractivity contribution in [1.82, 2.24) is 10.0 Å². The average molecular weight is 449 g/mol. The normalized spacial score (nSPS) is 23.3. The predicted octanol–water partition coefficient (Wildman–Crippen LogP) is 3.22. The van der Waals surface area contributed by atoms with E-state index >= 15 is 0 Å². The van der Waals surface area contributed by atoms with Gasteiger partial charge < -0.3 is 10.1 Å². The van der Waals surface area contributed by atoms with E-state index in [1.54, 1.807) is 24.3 Å². The molecule has 0 aromatic heterocycles. The first-order valence-corrected chi connectivity index (χ1v) is 12.0. The largest absolute Gasteiger partial charge is 0.377 e. The Morgan fingerprint density at radius 1 is 1.13 bits per heavy atom. The lowest BCUT2D eigenvalue weighted by atomic mass is 10.1. The van der Waals surface area contributed by atoms with Gasteiger partial charge in [-0.3, -0.25) is 4.79 Å². The summed E-state index contributed by atoms with van der Waals surface area (Å²) in [6.45, 7) is 1.33. The molecule has 160 valence electrons. The van der Waals surface area contributed by atoms with Crippen LogP contribution >= 0.6 is 11.6 Å². The number of sulfonamides is 1. The molecule has 1 saturated carbocycles. The van der Waals surface area contributed by atoms with Crippen LogP contribution in [0, 0.1) is 5.92 Å². The van der Waals surface area contributed by atoms with Gasteiger partial charge in [0.2, 0.25) is 15.9 Å². The summed E-state index contributed by atoms with van der Waals surface area (Å²) in [5.41, 5.74) is 1.86. The average Bonchev–Trinajstić information content (AvgIpc) is 3.36. The number of ether oxygens (including phenoxy) is 1. The first-order valence-electron chi connectivity index (χ1n) is 10.2. The van der Waals surface area contributed by atoms with Crippen molar-refractivity contribution in [2.75, 3.05) is 13.2 Å². The maximum atomic E-state index is 12.4. The van der Waals surface area contributed by atoms with Crippen LogP contribution in [0.3, 0.4) is 0 Å². The van der Waals surface area contributed by atoms with Crippen LogP contribution in [0.1, 0.15) is 36.3 Å². The number of nitrogens with one attached hydrogen (secondary N) is 2. The van der Waals surface area contributed by atoms with Gasteiger partial charge in [-0.25, -0.2) is 13.1 Å². The summed E-state index contributed by atoms with van der Waals surface area (Å²) in [7, 11) is -3.57. The van der Waals surface area contributed by atoms with Crippen molar-refractivity contribution in [3.05, 3.63) is 64.7 Å². The summed E-state index contributed by atoms with van der Waals surface area (Å²) in [6.07, 6.45) is 2.58. The standard InChI is InChI=1S/C22H25ClN2O4S/c23-21-6-2-1-5-18(21)19-12-20(19)22(26)24-13-15-7-9-17(10-8-15)30(27,28)25-14-16-4-3-11-29-16/h1-2,5-10,16,19-20,25H,3-4,11-14H2,(H,24,26). The molecule has 0 radical (unpaired) electrons. The predicted molar refractivity (Wildman–Crippen MR) is 115 cm³/mol. The monoisotopic (exact) mass is 448 g/mol. The lowest BCUT2D eigenvalue weighted by Crippen LogP contribution is -2.31. The van der Waals surface area contributed by atoms with E-state index in [1.807, 2.05) is 24.3 Å². The molecule has 0 spiro atoms. The number of halogens is 1. The zero-order valence-electron chi connectivity index (χ0n) is 16.5. The van der Waals surface area contributed by atoms with E-state index in [4.69, 9.17) is 16.3 Å². The summed E-state index contributed by atoms with van der Waals surface area (Å²) in [4.78, 5) is 12.6. The second-order valence-electron chi connectivity index (χ2n) is 7.82. The second-order valence-corrected chi connectivity index (χ2v) is 9.99. The van der Waals surface area contributed by atoms with E-state index in [0.29, 0.717) is 18.2 Å². The fourth-order valence-corrected chi connectivity index (χ4v) is 5.14. The molecule has 30 heavy (non-hydrogen) atoms. The molecule has 2 aromatic rings. The molecule has 1 aliphatic carbocycles. The summed E-state index contributed by atoms with van der Waals surface area (Å²) in [6, 6.07) is 14.2. The third kappa shape index (κ3) is 5.03. The zero-order chi connectivity index (χ0) is 21.1. The topological polar surface area (TPSA) is 84.5 Å². The summed E-state index contributed by atoms with van der Waals surface area (Å²) in [5.74, 6) is 0.0996. The Kier molecular flexibility index (Phi) is 6.43. The third-order valence-corrected chi connectivity index (χ3v) is 7.44. The van der Waals surface area contributed by atoms with Crippen molar-refractivity contribution in [2.45, 2.75) is 42.7 Å². The van der Waals surface area contributed by atoms with Crippen LogP contribution in [0.4, 0.5) is 0 Å². The van der Waals surface area contributed by atoms with Crippen molar-refractivity contribution < 1.29 is 17.9 Å². The SMILES string of the molecule is O=C(NCc1ccc(S(=O)(=O)NCC2CCCO2)cc1)C1CC1c1ccccc1Cl. The molecule has 1 amide bonds. The van der Waals surface area contributed by atoms with Gasteiger partial charge in [-0.1, -0.05) is 41.9 Å². The molecule has 1 saturated heterocycles. The molecule has 3 unspecified atom stereocenters. The second kappa shape index (κ2) is 9.06. The van der Waals surface area contributed by atoms with Gasteiger partial charge in [-0.05, 0) is 54.5 Å². The molecule has 2 aliphatic rings. The molecule has 0 bridgehead atoms. The Labute approximate surface area is 182 Å². The van der Waals surface area contributed by atoms with Gasteiger partial charge in [-0.15, -0.1) is 0 Å². The van der Waals surface area contributed by atoms with E-state index < -0.39 is 10.0 Å². The van der Waals surface area contributed by atoms with Crippen molar-refractivity contribution in [1.29, 1.82) is 0 Å². The fourth-order valence-electron chi connectivity index (χ4n) is 3.80. The molecule has 4 rings (SSSR count). The molecule has 2 N–H and O–H groups in total. The maximum absolute atomic E-state index is 12.4. The van der Waals surface area contributed by atoms with Crippen LogP contribution in [0.25, 0.3) is 0 Å². The van der Waals surface area contributed by atoms with Gasteiger partial charge >= 0.3 is 0 Å². The highest BCUT2D eigenvalue weighted by Gasteiger charge is 2.44. The molecule has 1 heterocycles. The van der Waals surface area contributed by atoms with E-state index in [1.165, 1.54) is 0 Å². The molecule has 8 heteroatoms. The van der Waals surface area contributed by atoms with Crippen LogP contribution in [-0.4, -0.2) is 33.6 Å². The van der Waals surface area contributed by atoms with Crippen LogP contribution in [0.15, 0.2) is 53.4 Å². The minimum Gasteiger partial charge on any atom is -0.377 e.